The third kappa shape index (κ3) is 5.54. The van der Waals surface area contributed by atoms with Gasteiger partial charge in [-0.25, -0.2) is 8.42 Å². The van der Waals surface area contributed by atoms with Crippen LogP contribution < -0.4 is 4.74 Å². The Morgan fingerprint density at radius 2 is 1.59 bits per heavy atom. The van der Waals surface area contributed by atoms with Crippen LogP contribution in [0.2, 0.25) is 0 Å². The summed E-state index contributed by atoms with van der Waals surface area (Å²) in [6.45, 7) is 5.91. The molecule has 0 aliphatic rings. The van der Waals surface area contributed by atoms with Crippen molar-refractivity contribution in [3.8, 4) is 5.75 Å². The predicted molar refractivity (Wildman–Crippen MR) is 107 cm³/mol. The number of benzene rings is 2. The van der Waals surface area contributed by atoms with E-state index in [0.717, 1.165) is 5.56 Å². The average Bonchev–Trinajstić information content (AvgIpc) is 2.65. The van der Waals surface area contributed by atoms with Crippen LogP contribution in [-0.4, -0.2) is 43.6 Å². The van der Waals surface area contributed by atoms with Crippen LogP contribution in [0.15, 0.2) is 59.5 Å². The first kappa shape index (κ1) is 21.4. The number of aliphatic hydroxyl groups is 1. The minimum absolute atomic E-state index is 0.120. The Kier molecular flexibility index (Phi) is 7.41. The molecule has 0 aliphatic heterocycles. The number of sulfonamides is 1. The summed E-state index contributed by atoms with van der Waals surface area (Å²) in [6, 6.07) is 15.4. The van der Waals surface area contributed by atoms with Crippen molar-refractivity contribution in [1.29, 1.82) is 0 Å². The molecule has 5 nitrogen and oxygen atoms in total. The molecule has 2 aromatic carbocycles. The van der Waals surface area contributed by atoms with Crippen molar-refractivity contribution >= 4 is 10.0 Å². The van der Waals surface area contributed by atoms with Crippen LogP contribution in [0.1, 0.15) is 26.3 Å². The minimum Gasteiger partial charge on any atom is -0.497 e. The van der Waals surface area contributed by atoms with Crippen molar-refractivity contribution in [3.63, 3.8) is 0 Å². The topological polar surface area (TPSA) is 66.8 Å². The Bertz CT molecular complexity index is 802. The van der Waals surface area contributed by atoms with Crippen LogP contribution in [-0.2, 0) is 16.4 Å². The summed E-state index contributed by atoms with van der Waals surface area (Å²) < 4.78 is 33.3. The summed E-state index contributed by atoms with van der Waals surface area (Å²) in [5.74, 6) is 0.718. The second kappa shape index (κ2) is 9.35. The molecule has 0 saturated heterocycles. The maximum absolute atomic E-state index is 13.4. The first-order valence-corrected chi connectivity index (χ1v) is 10.6. The van der Waals surface area contributed by atoms with Crippen molar-refractivity contribution < 1.29 is 18.3 Å². The van der Waals surface area contributed by atoms with Gasteiger partial charge in [0.25, 0.3) is 0 Å². The van der Waals surface area contributed by atoms with E-state index in [-0.39, 0.29) is 10.8 Å². The standard InChI is InChI=1S/C21H29NO4S/c1-16(2)15-22(21(17(3)23)14-18-8-6-5-7-9-18)27(24,25)20-12-10-19(26-4)11-13-20/h5-13,16-17,21,23H,14-15H2,1-4H3/t17-,21?/m1/s1. The highest BCUT2D eigenvalue weighted by atomic mass is 32.2. The fourth-order valence-electron chi connectivity index (χ4n) is 3.02. The number of aliphatic hydroxyl groups excluding tert-OH is 1. The zero-order chi connectivity index (χ0) is 20.0. The van der Waals surface area contributed by atoms with Crippen LogP contribution in [0.4, 0.5) is 0 Å². The number of hydrogen-bond donors (Lipinski definition) is 1. The summed E-state index contributed by atoms with van der Waals surface area (Å²) in [5, 5.41) is 10.4. The number of hydrogen-bond acceptors (Lipinski definition) is 4. The molecule has 0 amide bonds. The van der Waals surface area contributed by atoms with Gasteiger partial charge in [0.05, 0.1) is 24.2 Å². The largest absolute Gasteiger partial charge is 0.497 e. The van der Waals surface area contributed by atoms with Crippen LogP contribution in [0.3, 0.4) is 0 Å². The fourth-order valence-corrected chi connectivity index (χ4v) is 4.88. The lowest BCUT2D eigenvalue weighted by molar-refractivity contribution is 0.0993. The molecule has 2 rings (SSSR count). The van der Waals surface area contributed by atoms with Gasteiger partial charge in [-0.05, 0) is 49.1 Å². The molecule has 0 saturated carbocycles. The fraction of sp³-hybridized carbons (Fsp3) is 0.429. The lowest BCUT2D eigenvalue weighted by Gasteiger charge is -2.34. The molecule has 148 valence electrons. The predicted octanol–water partition coefficient (Wildman–Crippen LogP) is 3.33. The monoisotopic (exact) mass is 391 g/mol. The first-order valence-electron chi connectivity index (χ1n) is 9.13. The van der Waals surface area contributed by atoms with Crippen molar-refractivity contribution in [2.75, 3.05) is 13.7 Å². The first-order chi connectivity index (χ1) is 12.8. The van der Waals surface area contributed by atoms with Crippen molar-refractivity contribution in [2.45, 2.75) is 44.2 Å². The molecule has 0 fully saturated rings. The van der Waals surface area contributed by atoms with Crippen molar-refractivity contribution in [2.24, 2.45) is 5.92 Å². The van der Waals surface area contributed by atoms with E-state index in [0.29, 0.717) is 18.7 Å². The van der Waals surface area contributed by atoms with Gasteiger partial charge >= 0.3 is 0 Å². The SMILES string of the molecule is COc1ccc(S(=O)(=O)N(CC(C)C)C(Cc2ccccc2)[C@@H](C)O)cc1. The third-order valence-electron chi connectivity index (χ3n) is 4.43. The summed E-state index contributed by atoms with van der Waals surface area (Å²) in [4.78, 5) is 0.197. The summed E-state index contributed by atoms with van der Waals surface area (Å²) in [5.41, 5.74) is 0.988. The molecular weight excluding hydrogens is 362 g/mol. The van der Waals surface area contributed by atoms with E-state index in [1.807, 2.05) is 44.2 Å². The van der Waals surface area contributed by atoms with Crippen LogP contribution in [0.25, 0.3) is 0 Å². The smallest absolute Gasteiger partial charge is 0.243 e. The van der Waals surface area contributed by atoms with E-state index in [1.165, 1.54) is 11.4 Å². The van der Waals surface area contributed by atoms with Gasteiger partial charge in [0.15, 0.2) is 0 Å². The molecule has 1 unspecified atom stereocenters. The number of methoxy groups -OCH3 is 1. The van der Waals surface area contributed by atoms with Crippen molar-refractivity contribution in [3.05, 3.63) is 60.2 Å². The Morgan fingerprint density at radius 3 is 2.07 bits per heavy atom. The molecule has 2 atom stereocenters. The Balaban J connectivity index is 2.43. The second-order valence-corrected chi connectivity index (χ2v) is 9.03. The van der Waals surface area contributed by atoms with Gasteiger partial charge in [-0.3, -0.25) is 0 Å². The highest BCUT2D eigenvalue weighted by molar-refractivity contribution is 7.89. The van der Waals surface area contributed by atoms with E-state index in [2.05, 4.69) is 0 Å². The van der Waals surface area contributed by atoms with E-state index in [4.69, 9.17) is 4.74 Å². The molecule has 0 aliphatic carbocycles. The number of nitrogens with zero attached hydrogens (tertiary/aromatic N) is 1. The van der Waals surface area contributed by atoms with E-state index >= 15 is 0 Å². The maximum Gasteiger partial charge on any atom is 0.243 e. The third-order valence-corrected chi connectivity index (χ3v) is 6.33. The van der Waals surface area contributed by atoms with Gasteiger partial charge in [-0.15, -0.1) is 0 Å². The van der Waals surface area contributed by atoms with Gasteiger partial charge in [-0.2, -0.15) is 4.31 Å². The summed E-state index contributed by atoms with van der Waals surface area (Å²) >= 11 is 0. The lowest BCUT2D eigenvalue weighted by atomic mass is 10.0. The number of ether oxygens (including phenoxy) is 1. The molecule has 0 heterocycles. The zero-order valence-corrected chi connectivity index (χ0v) is 17.2. The summed E-state index contributed by atoms with van der Waals surface area (Å²) in [6.07, 6.45) is -0.363. The Hall–Kier alpha value is -1.89. The lowest BCUT2D eigenvalue weighted by Crippen LogP contribution is -2.48. The maximum atomic E-state index is 13.4. The Labute approximate surface area is 162 Å². The molecule has 27 heavy (non-hydrogen) atoms. The van der Waals surface area contributed by atoms with Crippen molar-refractivity contribution in [1.82, 2.24) is 4.31 Å². The van der Waals surface area contributed by atoms with Crippen LogP contribution in [0.5, 0.6) is 5.75 Å². The van der Waals surface area contributed by atoms with Gasteiger partial charge in [0, 0.05) is 6.54 Å². The normalized spacial score (nSPS) is 14.3. The minimum atomic E-state index is -3.77. The Morgan fingerprint density at radius 1 is 1.00 bits per heavy atom. The van der Waals surface area contributed by atoms with E-state index in [1.54, 1.807) is 31.2 Å². The highest BCUT2D eigenvalue weighted by Crippen LogP contribution is 2.25. The average molecular weight is 392 g/mol. The molecule has 2 aromatic rings. The highest BCUT2D eigenvalue weighted by Gasteiger charge is 2.34. The summed E-state index contributed by atoms with van der Waals surface area (Å²) in [7, 11) is -2.23. The van der Waals surface area contributed by atoms with Crippen LogP contribution >= 0.6 is 0 Å². The molecule has 0 radical (unpaired) electrons. The molecule has 0 spiro atoms. The van der Waals surface area contributed by atoms with Gasteiger partial charge in [0.1, 0.15) is 5.75 Å². The van der Waals surface area contributed by atoms with Crippen LogP contribution in [0, 0.1) is 5.92 Å². The van der Waals surface area contributed by atoms with E-state index in [9.17, 15) is 13.5 Å². The zero-order valence-electron chi connectivity index (χ0n) is 16.4. The molecular formula is C21H29NO4S. The van der Waals surface area contributed by atoms with Gasteiger partial charge in [-0.1, -0.05) is 44.2 Å². The quantitative estimate of drug-likeness (QED) is 0.712. The van der Waals surface area contributed by atoms with E-state index < -0.39 is 22.2 Å². The molecule has 0 bridgehead atoms. The van der Waals surface area contributed by atoms with Gasteiger partial charge < -0.3 is 9.84 Å². The number of rotatable bonds is 9. The second-order valence-electron chi connectivity index (χ2n) is 7.14. The van der Waals surface area contributed by atoms with Gasteiger partial charge in [0.2, 0.25) is 10.0 Å². The molecule has 0 aromatic heterocycles. The molecule has 6 heteroatoms. The molecule has 1 N–H and O–H groups in total.